The van der Waals surface area contributed by atoms with E-state index < -0.39 is 0 Å². The summed E-state index contributed by atoms with van der Waals surface area (Å²) in [6, 6.07) is 17.5. The fourth-order valence-corrected chi connectivity index (χ4v) is 4.10. The minimum atomic E-state index is -0.312. The standard InChI is InChI=1S/C25H26N4O2/c1-17-23(18(2)29(27-17)21-10-5-4-6-11-21)16-26-25(31)15-24-22-12-8-7-9-20(22)13-14-28(24)19(3)30/h4-14,24H,15-16H2,1-3H3,(H,26,31)/t24-/m1/s1. The average molecular weight is 415 g/mol. The van der Waals surface area contributed by atoms with Crippen LogP contribution in [0.5, 0.6) is 0 Å². The van der Waals surface area contributed by atoms with Crippen LogP contribution in [-0.4, -0.2) is 26.5 Å². The molecular weight excluding hydrogens is 388 g/mol. The summed E-state index contributed by atoms with van der Waals surface area (Å²) >= 11 is 0. The second-order valence-corrected chi connectivity index (χ2v) is 7.76. The summed E-state index contributed by atoms with van der Waals surface area (Å²) in [5.41, 5.74) is 5.90. The van der Waals surface area contributed by atoms with Gasteiger partial charge in [-0.25, -0.2) is 4.68 Å². The Balaban J connectivity index is 1.49. The zero-order valence-electron chi connectivity index (χ0n) is 18.0. The third-order valence-corrected chi connectivity index (χ3v) is 5.75. The predicted molar refractivity (Wildman–Crippen MR) is 120 cm³/mol. The van der Waals surface area contributed by atoms with Crippen LogP contribution in [0.3, 0.4) is 0 Å². The van der Waals surface area contributed by atoms with Crippen LogP contribution in [-0.2, 0) is 16.1 Å². The van der Waals surface area contributed by atoms with Gasteiger partial charge in [-0.1, -0.05) is 42.5 Å². The topological polar surface area (TPSA) is 67.2 Å². The number of hydrogen-bond acceptors (Lipinski definition) is 3. The Kier molecular flexibility index (Phi) is 5.71. The highest BCUT2D eigenvalue weighted by molar-refractivity contribution is 5.81. The van der Waals surface area contributed by atoms with Gasteiger partial charge in [0.15, 0.2) is 0 Å². The molecule has 2 aromatic carbocycles. The lowest BCUT2D eigenvalue weighted by Gasteiger charge is -2.32. The van der Waals surface area contributed by atoms with E-state index in [4.69, 9.17) is 0 Å². The molecule has 0 fully saturated rings. The molecule has 6 nitrogen and oxygen atoms in total. The number of amides is 2. The van der Waals surface area contributed by atoms with E-state index in [-0.39, 0.29) is 24.3 Å². The largest absolute Gasteiger partial charge is 0.352 e. The molecule has 1 aliphatic heterocycles. The first-order chi connectivity index (χ1) is 15.0. The van der Waals surface area contributed by atoms with Crippen LogP contribution >= 0.6 is 0 Å². The molecule has 1 N–H and O–H groups in total. The summed E-state index contributed by atoms with van der Waals surface area (Å²) in [7, 11) is 0. The molecule has 2 heterocycles. The van der Waals surface area contributed by atoms with Gasteiger partial charge in [0.25, 0.3) is 0 Å². The lowest BCUT2D eigenvalue weighted by atomic mass is 9.93. The summed E-state index contributed by atoms with van der Waals surface area (Å²) in [5.74, 6) is -0.188. The van der Waals surface area contributed by atoms with Gasteiger partial charge in [-0.2, -0.15) is 5.10 Å². The molecule has 2 amide bonds. The molecule has 4 rings (SSSR count). The number of carbonyl (C=O) groups is 2. The lowest BCUT2D eigenvalue weighted by Crippen LogP contribution is -2.35. The van der Waals surface area contributed by atoms with E-state index in [1.54, 1.807) is 11.1 Å². The number of nitrogens with one attached hydrogen (secondary N) is 1. The van der Waals surface area contributed by atoms with E-state index in [0.717, 1.165) is 33.8 Å². The third kappa shape index (κ3) is 4.14. The van der Waals surface area contributed by atoms with Crippen molar-refractivity contribution in [2.24, 2.45) is 0 Å². The summed E-state index contributed by atoms with van der Waals surface area (Å²) in [6.45, 7) is 5.88. The van der Waals surface area contributed by atoms with Crippen LogP contribution in [0.25, 0.3) is 11.8 Å². The van der Waals surface area contributed by atoms with E-state index in [9.17, 15) is 9.59 Å². The second-order valence-electron chi connectivity index (χ2n) is 7.76. The zero-order valence-corrected chi connectivity index (χ0v) is 18.0. The maximum absolute atomic E-state index is 12.9. The normalized spacial score (nSPS) is 14.9. The van der Waals surface area contributed by atoms with Crippen LogP contribution in [0, 0.1) is 13.8 Å². The number of rotatable bonds is 5. The number of nitrogens with zero attached hydrogens (tertiary/aromatic N) is 3. The van der Waals surface area contributed by atoms with Crippen LogP contribution in [0.1, 0.15) is 47.5 Å². The van der Waals surface area contributed by atoms with Gasteiger partial charge in [0.2, 0.25) is 11.8 Å². The van der Waals surface area contributed by atoms with Crippen molar-refractivity contribution in [2.45, 2.75) is 39.8 Å². The first-order valence-electron chi connectivity index (χ1n) is 10.4. The van der Waals surface area contributed by atoms with Crippen molar-refractivity contribution in [1.29, 1.82) is 0 Å². The summed E-state index contributed by atoms with van der Waals surface area (Å²) < 4.78 is 1.90. The van der Waals surface area contributed by atoms with E-state index in [2.05, 4.69) is 10.4 Å². The smallest absolute Gasteiger partial charge is 0.223 e. The molecule has 0 saturated carbocycles. The Morgan fingerprint density at radius 1 is 1.03 bits per heavy atom. The van der Waals surface area contributed by atoms with E-state index in [0.29, 0.717) is 6.54 Å². The van der Waals surface area contributed by atoms with Crippen molar-refractivity contribution < 1.29 is 9.59 Å². The van der Waals surface area contributed by atoms with E-state index in [1.165, 1.54) is 6.92 Å². The van der Waals surface area contributed by atoms with Gasteiger partial charge < -0.3 is 10.2 Å². The molecule has 3 aromatic rings. The maximum atomic E-state index is 12.9. The highest BCUT2D eigenvalue weighted by Gasteiger charge is 2.28. The Morgan fingerprint density at radius 2 is 1.74 bits per heavy atom. The summed E-state index contributed by atoms with van der Waals surface area (Å²) in [6.07, 6.45) is 3.88. The van der Waals surface area contributed by atoms with Crippen molar-refractivity contribution in [3.63, 3.8) is 0 Å². The van der Waals surface area contributed by atoms with E-state index in [1.807, 2.05) is 79.2 Å². The van der Waals surface area contributed by atoms with Gasteiger partial charge in [-0.15, -0.1) is 0 Å². The van der Waals surface area contributed by atoms with Gasteiger partial charge in [0.05, 0.1) is 23.8 Å². The van der Waals surface area contributed by atoms with Crippen LogP contribution < -0.4 is 5.32 Å². The molecule has 158 valence electrons. The van der Waals surface area contributed by atoms with Crippen LogP contribution in [0.15, 0.2) is 60.8 Å². The molecule has 1 aromatic heterocycles. The SMILES string of the molecule is CC(=O)N1C=Cc2ccccc2[C@H]1CC(=O)NCc1c(C)nn(-c2ccccc2)c1C. The Hall–Kier alpha value is -3.67. The number of hydrogen-bond donors (Lipinski definition) is 1. The van der Waals surface area contributed by atoms with Crippen molar-refractivity contribution in [1.82, 2.24) is 20.0 Å². The second kappa shape index (κ2) is 8.60. The number of carbonyl (C=O) groups excluding carboxylic acids is 2. The molecule has 0 aliphatic carbocycles. The van der Waals surface area contributed by atoms with Gasteiger partial charge in [0, 0.05) is 30.9 Å². The van der Waals surface area contributed by atoms with Crippen molar-refractivity contribution in [3.05, 3.63) is 88.9 Å². The number of para-hydroxylation sites is 1. The van der Waals surface area contributed by atoms with Gasteiger partial charge >= 0.3 is 0 Å². The van der Waals surface area contributed by atoms with Crippen molar-refractivity contribution in [2.75, 3.05) is 0 Å². The van der Waals surface area contributed by atoms with Crippen molar-refractivity contribution in [3.8, 4) is 5.69 Å². The molecule has 0 bridgehead atoms. The molecule has 0 radical (unpaired) electrons. The van der Waals surface area contributed by atoms with Crippen LogP contribution in [0.4, 0.5) is 0 Å². The molecule has 1 atom stereocenters. The highest BCUT2D eigenvalue weighted by atomic mass is 16.2. The number of fused-ring (bicyclic) bond motifs is 1. The molecule has 0 spiro atoms. The first-order valence-corrected chi connectivity index (χ1v) is 10.4. The van der Waals surface area contributed by atoms with Crippen molar-refractivity contribution >= 4 is 17.9 Å². The molecule has 31 heavy (non-hydrogen) atoms. The minimum absolute atomic E-state index is 0.0839. The molecule has 1 aliphatic rings. The lowest BCUT2D eigenvalue weighted by molar-refractivity contribution is -0.130. The third-order valence-electron chi connectivity index (χ3n) is 5.75. The number of aromatic nitrogens is 2. The van der Waals surface area contributed by atoms with E-state index >= 15 is 0 Å². The number of aryl methyl sites for hydroxylation is 1. The summed E-state index contributed by atoms with van der Waals surface area (Å²) in [5, 5.41) is 7.67. The highest BCUT2D eigenvalue weighted by Crippen LogP contribution is 2.32. The Labute approximate surface area is 182 Å². The predicted octanol–water partition coefficient (Wildman–Crippen LogP) is 4.07. The molecular formula is C25H26N4O2. The molecule has 6 heteroatoms. The fourth-order valence-electron chi connectivity index (χ4n) is 4.10. The Bertz CT molecular complexity index is 1150. The Morgan fingerprint density at radius 3 is 2.48 bits per heavy atom. The molecule has 0 unspecified atom stereocenters. The fraction of sp³-hybridized carbons (Fsp3) is 0.240. The van der Waals surface area contributed by atoms with Gasteiger partial charge in [-0.05, 0) is 43.2 Å². The quantitative estimate of drug-likeness (QED) is 0.684. The monoisotopic (exact) mass is 414 g/mol. The number of benzene rings is 2. The van der Waals surface area contributed by atoms with Crippen LogP contribution in [0.2, 0.25) is 0 Å². The summed E-state index contributed by atoms with van der Waals surface area (Å²) in [4.78, 5) is 26.6. The van der Waals surface area contributed by atoms with Gasteiger partial charge in [-0.3, -0.25) is 9.59 Å². The average Bonchev–Trinajstić information content (AvgIpc) is 3.06. The molecule has 0 saturated heterocycles. The minimum Gasteiger partial charge on any atom is -0.352 e. The maximum Gasteiger partial charge on any atom is 0.223 e. The zero-order chi connectivity index (χ0) is 22.0. The first kappa shape index (κ1) is 20.6. The van der Waals surface area contributed by atoms with Gasteiger partial charge in [0.1, 0.15) is 0 Å².